The first kappa shape index (κ1) is 14.1. The Kier molecular flexibility index (Phi) is 4.23. The van der Waals surface area contributed by atoms with Crippen molar-refractivity contribution in [3.8, 4) is 11.1 Å². The van der Waals surface area contributed by atoms with Crippen LogP contribution in [0.5, 0.6) is 0 Å². The van der Waals surface area contributed by atoms with Crippen LogP contribution in [0.1, 0.15) is 5.56 Å². The van der Waals surface area contributed by atoms with Crippen molar-refractivity contribution < 1.29 is 0 Å². The van der Waals surface area contributed by atoms with Gasteiger partial charge in [0.05, 0.1) is 0 Å². The summed E-state index contributed by atoms with van der Waals surface area (Å²) in [7, 11) is 2.21. The van der Waals surface area contributed by atoms with Crippen LogP contribution in [0.3, 0.4) is 0 Å². The Morgan fingerprint density at radius 2 is 2.10 bits per heavy atom. The molecule has 1 aliphatic rings. The van der Waals surface area contributed by atoms with Gasteiger partial charge in [-0.15, -0.1) is 0 Å². The molecule has 1 heterocycles. The van der Waals surface area contributed by atoms with E-state index in [0.29, 0.717) is 6.04 Å². The lowest BCUT2D eigenvalue weighted by molar-refractivity contribution is 0.199. The van der Waals surface area contributed by atoms with Crippen molar-refractivity contribution in [3.63, 3.8) is 0 Å². The van der Waals surface area contributed by atoms with E-state index in [9.17, 15) is 0 Å². The molecule has 0 spiro atoms. The Bertz CT molecular complexity index is 592. The van der Waals surface area contributed by atoms with E-state index in [1.54, 1.807) is 0 Å². The summed E-state index contributed by atoms with van der Waals surface area (Å²) in [6.07, 6.45) is 1.09. The Hall–Kier alpha value is -1.84. The topological polar surface area (TPSA) is 41.3 Å². The number of anilines is 1. The highest BCUT2D eigenvalue weighted by atomic mass is 15.2. The molecular weight excluding hydrogens is 258 g/mol. The lowest BCUT2D eigenvalue weighted by atomic mass is 9.99. The van der Waals surface area contributed by atoms with Gasteiger partial charge >= 0.3 is 0 Å². The molecule has 1 atom stereocenters. The minimum atomic E-state index is 0.584. The molecule has 1 aliphatic heterocycles. The highest BCUT2D eigenvalue weighted by Crippen LogP contribution is 2.25. The predicted molar refractivity (Wildman–Crippen MR) is 88.1 cm³/mol. The number of nitrogens with zero attached hydrogens (tertiary/aromatic N) is 1. The fourth-order valence-corrected chi connectivity index (χ4v) is 2.89. The molecule has 2 aromatic rings. The molecular formula is C18H22N3. The van der Waals surface area contributed by atoms with E-state index in [1.807, 2.05) is 18.2 Å². The van der Waals surface area contributed by atoms with Crippen molar-refractivity contribution in [2.24, 2.45) is 0 Å². The first-order chi connectivity index (χ1) is 10.2. The third-order valence-electron chi connectivity index (χ3n) is 4.28. The standard InChI is InChI=1S/C18H22N3/c1-21-11-10-20-13-16(21)12-14-6-8-15(9-7-14)17-4-2-3-5-18(17)19/h2,4-9,16,20H,10-13,19H2,1H3. The van der Waals surface area contributed by atoms with Crippen LogP contribution in [0.4, 0.5) is 5.69 Å². The summed E-state index contributed by atoms with van der Waals surface area (Å²) < 4.78 is 0. The molecule has 21 heavy (non-hydrogen) atoms. The van der Waals surface area contributed by atoms with Gasteiger partial charge in [0.2, 0.25) is 0 Å². The quantitative estimate of drug-likeness (QED) is 0.847. The summed E-state index contributed by atoms with van der Waals surface area (Å²) in [4.78, 5) is 2.44. The van der Waals surface area contributed by atoms with E-state index in [-0.39, 0.29) is 0 Å². The fraction of sp³-hybridized carbons (Fsp3) is 0.333. The molecule has 0 bridgehead atoms. The summed E-state index contributed by atoms with van der Waals surface area (Å²) in [5.74, 6) is 0. The Morgan fingerprint density at radius 1 is 1.29 bits per heavy atom. The average molecular weight is 280 g/mol. The van der Waals surface area contributed by atoms with Crippen LogP contribution in [0.25, 0.3) is 11.1 Å². The normalized spacial score (nSPS) is 19.6. The summed E-state index contributed by atoms with van der Waals surface area (Å²) in [6, 6.07) is 18.1. The third kappa shape index (κ3) is 3.26. The number of rotatable bonds is 3. The van der Waals surface area contributed by atoms with Gasteiger partial charge in [-0.1, -0.05) is 36.4 Å². The molecule has 3 N–H and O–H groups in total. The second-order valence-electron chi connectivity index (χ2n) is 5.75. The van der Waals surface area contributed by atoms with Gasteiger partial charge in [0.25, 0.3) is 0 Å². The van der Waals surface area contributed by atoms with Gasteiger partial charge in [0.1, 0.15) is 0 Å². The van der Waals surface area contributed by atoms with E-state index in [0.717, 1.165) is 37.3 Å². The second-order valence-corrected chi connectivity index (χ2v) is 5.75. The van der Waals surface area contributed by atoms with E-state index >= 15 is 0 Å². The van der Waals surface area contributed by atoms with Crippen LogP contribution in [0, 0.1) is 6.07 Å². The van der Waals surface area contributed by atoms with Crippen LogP contribution >= 0.6 is 0 Å². The number of nitrogens with one attached hydrogen (secondary N) is 1. The molecule has 0 aromatic heterocycles. The van der Waals surface area contributed by atoms with Gasteiger partial charge in [-0.25, -0.2) is 0 Å². The van der Waals surface area contributed by atoms with E-state index < -0.39 is 0 Å². The minimum Gasteiger partial charge on any atom is -0.398 e. The molecule has 0 aliphatic carbocycles. The zero-order valence-corrected chi connectivity index (χ0v) is 12.5. The van der Waals surface area contributed by atoms with Gasteiger partial charge in [0.15, 0.2) is 0 Å². The summed E-state index contributed by atoms with van der Waals surface area (Å²) in [6.45, 7) is 3.29. The lowest BCUT2D eigenvalue weighted by Gasteiger charge is -2.33. The van der Waals surface area contributed by atoms with Crippen LogP contribution in [-0.4, -0.2) is 37.6 Å². The van der Waals surface area contributed by atoms with Gasteiger partial charge in [0, 0.05) is 36.9 Å². The van der Waals surface area contributed by atoms with Gasteiger partial charge in [-0.05, 0) is 36.7 Å². The maximum atomic E-state index is 6.01. The molecule has 1 saturated heterocycles. The number of likely N-dealkylation sites (N-methyl/N-ethyl adjacent to an activating group) is 1. The van der Waals surface area contributed by atoms with Crippen molar-refractivity contribution in [3.05, 3.63) is 54.1 Å². The van der Waals surface area contributed by atoms with Crippen LogP contribution in [0.15, 0.2) is 42.5 Å². The van der Waals surface area contributed by atoms with Crippen molar-refractivity contribution in [1.29, 1.82) is 0 Å². The largest absolute Gasteiger partial charge is 0.398 e. The molecule has 0 amide bonds. The summed E-state index contributed by atoms with van der Waals surface area (Å²) >= 11 is 0. The van der Waals surface area contributed by atoms with Gasteiger partial charge in [-0.3, -0.25) is 0 Å². The molecule has 1 fully saturated rings. The molecule has 3 heteroatoms. The maximum Gasteiger partial charge on any atom is 0.0399 e. The Morgan fingerprint density at radius 3 is 2.81 bits per heavy atom. The number of hydrogen-bond acceptors (Lipinski definition) is 3. The highest BCUT2D eigenvalue weighted by Gasteiger charge is 2.18. The molecule has 1 radical (unpaired) electrons. The number of nitrogens with two attached hydrogens (primary N) is 1. The SMILES string of the molecule is CN1CCNCC1Cc1ccc(-c2cc[c]cc2N)cc1. The second kappa shape index (κ2) is 6.29. The van der Waals surface area contributed by atoms with Crippen molar-refractivity contribution >= 4 is 5.69 Å². The van der Waals surface area contributed by atoms with E-state index in [1.165, 1.54) is 11.1 Å². The number of nitrogen functional groups attached to an aromatic ring is 1. The van der Waals surface area contributed by atoms with Gasteiger partial charge in [-0.2, -0.15) is 0 Å². The maximum absolute atomic E-state index is 6.01. The summed E-state index contributed by atoms with van der Waals surface area (Å²) in [5, 5.41) is 3.47. The number of piperazine rings is 1. The predicted octanol–water partition coefficient (Wildman–Crippen LogP) is 2.18. The number of hydrogen-bond donors (Lipinski definition) is 2. The molecule has 2 aromatic carbocycles. The highest BCUT2D eigenvalue weighted by molar-refractivity contribution is 5.76. The Labute approximate surface area is 126 Å². The molecule has 3 rings (SSSR count). The molecule has 0 saturated carbocycles. The average Bonchev–Trinajstić information content (AvgIpc) is 2.51. The van der Waals surface area contributed by atoms with Gasteiger partial charge < -0.3 is 16.0 Å². The van der Waals surface area contributed by atoms with Crippen molar-refractivity contribution in [2.45, 2.75) is 12.5 Å². The molecule has 3 nitrogen and oxygen atoms in total. The molecule has 109 valence electrons. The van der Waals surface area contributed by atoms with E-state index in [4.69, 9.17) is 5.73 Å². The van der Waals surface area contributed by atoms with Crippen molar-refractivity contribution in [1.82, 2.24) is 10.2 Å². The Balaban J connectivity index is 1.74. The zero-order chi connectivity index (χ0) is 14.7. The molecule has 1 unspecified atom stereocenters. The number of benzene rings is 2. The first-order valence-electron chi connectivity index (χ1n) is 7.50. The monoisotopic (exact) mass is 280 g/mol. The van der Waals surface area contributed by atoms with E-state index in [2.05, 4.69) is 47.6 Å². The zero-order valence-electron chi connectivity index (χ0n) is 12.5. The summed E-state index contributed by atoms with van der Waals surface area (Å²) in [5.41, 5.74) is 10.4. The minimum absolute atomic E-state index is 0.584. The van der Waals surface area contributed by atoms with Crippen LogP contribution in [-0.2, 0) is 6.42 Å². The van der Waals surface area contributed by atoms with Crippen molar-refractivity contribution in [2.75, 3.05) is 32.4 Å². The third-order valence-corrected chi connectivity index (χ3v) is 4.28. The first-order valence-corrected chi connectivity index (χ1v) is 7.50. The fourth-order valence-electron chi connectivity index (χ4n) is 2.89. The smallest absolute Gasteiger partial charge is 0.0399 e. The van der Waals surface area contributed by atoms with Crippen LogP contribution < -0.4 is 11.1 Å². The van der Waals surface area contributed by atoms with Crippen LogP contribution in [0.2, 0.25) is 0 Å². The lowest BCUT2D eigenvalue weighted by Crippen LogP contribution is -2.50.